The molecule has 3 aromatic rings. The van der Waals surface area contributed by atoms with E-state index >= 15 is 0 Å². The number of nitrogens with zero attached hydrogens (tertiary/aromatic N) is 6. The molecule has 1 aliphatic heterocycles. The van der Waals surface area contributed by atoms with Crippen LogP contribution in [0.3, 0.4) is 0 Å². The highest BCUT2D eigenvalue weighted by molar-refractivity contribution is 6.04. The lowest BCUT2D eigenvalue weighted by Crippen LogP contribution is -2.29. The lowest BCUT2D eigenvalue weighted by molar-refractivity contribution is -0.114. The molecule has 0 unspecified atom stereocenters. The molecule has 0 radical (unpaired) electrons. The average Bonchev–Trinajstić information content (AvgIpc) is 3.32. The Hall–Kier alpha value is -4.13. The molecule has 1 amide bonds. The molecule has 2 N–H and O–H groups in total. The lowest BCUT2D eigenvalue weighted by Gasteiger charge is -2.26. The predicted octanol–water partition coefficient (Wildman–Crippen LogP) is 4.44. The number of hydrogen-bond acceptors (Lipinski definition) is 8. The van der Waals surface area contributed by atoms with E-state index in [1.54, 1.807) is 30.4 Å². The van der Waals surface area contributed by atoms with Gasteiger partial charge in [0.2, 0.25) is 5.95 Å². The molecule has 4 rings (SSSR count). The van der Waals surface area contributed by atoms with E-state index in [1.807, 2.05) is 23.7 Å². The number of alkyl halides is 2. The van der Waals surface area contributed by atoms with Crippen LogP contribution in [-0.2, 0) is 17.8 Å². The first-order chi connectivity index (χ1) is 18.6. The van der Waals surface area contributed by atoms with Crippen molar-refractivity contribution >= 4 is 28.9 Å². The second kappa shape index (κ2) is 12.2. The molecule has 3 heterocycles. The number of hydrogen-bond donors (Lipinski definition) is 2. The van der Waals surface area contributed by atoms with Gasteiger partial charge in [0, 0.05) is 50.2 Å². The number of aromatic nitrogens is 4. The van der Waals surface area contributed by atoms with Crippen molar-refractivity contribution in [3.05, 3.63) is 48.7 Å². The summed E-state index contributed by atoms with van der Waals surface area (Å²) in [5.74, 6) is -2.34. The minimum atomic E-state index is -3.12. The molecule has 208 valence electrons. The van der Waals surface area contributed by atoms with Crippen molar-refractivity contribution in [1.29, 1.82) is 0 Å². The molecule has 0 saturated carbocycles. The molecule has 39 heavy (non-hydrogen) atoms. The van der Waals surface area contributed by atoms with E-state index in [0.717, 1.165) is 37.1 Å². The van der Waals surface area contributed by atoms with Gasteiger partial charge in [-0.25, -0.2) is 14.4 Å². The Morgan fingerprint density at radius 3 is 2.72 bits per heavy atom. The van der Waals surface area contributed by atoms with Crippen molar-refractivity contribution in [2.75, 3.05) is 49.8 Å². The Morgan fingerprint density at radius 2 is 2.00 bits per heavy atom. The Balaban J connectivity index is 1.72. The van der Waals surface area contributed by atoms with Crippen LogP contribution in [0.4, 0.5) is 36.2 Å². The number of ether oxygens (including phenoxy) is 1. The molecule has 0 bridgehead atoms. The van der Waals surface area contributed by atoms with E-state index in [-0.39, 0.29) is 23.1 Å². The summed E-state index contributed by atoms with van der Waals surface area (Å²) in [4.78, 5) is 24.6. The van der Waals surface area contributed by atoms with Crippen molar-refractivity contribution in [2.24, 2.45) is 0 Å². The quantitative estimate of drug-likeness (QED) is 0.342. The Bertz CT molecular complexity index is 1340. The molecule has 0 atom stereocenters. The number of rotatable bonds is 11. The van der Waals surface area contributed by atoms with Gasteiger partial charge in [-0.3, -0.25) is 9.48 Å². The molecule has 0 aliphatic carbocycles. The fourth-order valence-corrected chi connectivity index (χ4v) is 4.26. The molecule has 10 nitrogen and oxygen atoms in total. The fraction of sp³-hybridized carbons (Fsp3) is 0.385. The minimum absolute atomic E-state index is 0.0500. The zero-order valence-electron chi connectivity index (χ0n) is 22.0. The van der Waals surface area contributed by atoms with Gasteiger partial charge >= 0.3 is 6.61 Å². The van der Waals surface area contributed by atoms with Crippen LogP contribution in [0.2, 0.25) is 0 Å². The average molecular weight is 545 g/mol. The second-order valence-corrected chi connectivity index (χ2v) is 9.40. The highest BCUT2D eigenvalue weighted by Crippen LogP contribution is 2.39. The smallest absolute Gasteiger partial charge is 0.387 e. The maximum atomic E-state index is 13.6. The number of carbonyl (C=O) groups is 1. The largest absolute Gasteiger partial charge is 0.433 e. The van der Waals surface area contributed by atoms with E-state index in [0.29, 0.717) is 24.5 Å². The van der Waals surface area contributed by atoms with E-state index in [9.17, 15) is 18.0 Å². The first kappa shape index (κ1) is 27.9. The first-order valence-electron chi connectivity index (χ1n) is 12.4. The van der Waals surface area contributed by atoms with E-state index in [1.165, 1.54) is 12.1 Å². The van der Waals surface area contributed by atoms with Crippen LogP contribution < -0.4 is 20.3 Å². The third kappa shape index (κ3) is 6.85. The molecular weight excluding hydrogens is 513 g/mol. The van der Waals surface area contributed by atoms with Crippen molar-refractivity contribution in [1.82, 2.24) is 24.6 Å². The number of anilines is 4. The third-order valence-electron chi connectivity index (χ3n) is 6.26. The standard InChI is InChI=1S/C26H31F3N8O2/c1-16(27)24(38)32-19-13-20(23(39-25(28)29)14-22(19)36(4)12-11-35(2)3)34-26-30-9-8-18(33-26)17-15-31-37-10-6-5-7-21(17)37/h8-9,13-15,25H,1,5-7,10-12H2,2-4H3,(H,32,38)(H,30,33,34). The topological polar surface area (TPSA) is 100 Å². The summed E-state index contributed by atoms with van der Waals surface area (Å²) >= 11 is 0. The monoisotopic (exact) mass is 544 g/mol. The number of fused-ring (bicyclic) bond motifs is 1. The summed E-state index contributed by atoms with van der Waals surface area (Å²) < 4.78 is 47.2. The molecule has 2 aromatic heterocycles. The van der Waals surface area contributed by atoms with Crippen LogP contribution in [-0.4, -0.2) is 71.4 Å². The van der Waals surface area contributed by atoms with E-state index in [2.05, 4.69) is 32.3 Å². The minimum Gasteiger partial charge on any atom is -0.433 e. The van der Waals surface area contributed by atoms with Crippen LogP contribution in [0.15, 0.2) is 43.0 Å². The van der Waals surface area contributed by atoms with Crippen molar-refractivity contribution in [3.8, 4) is 17.0 Å². The number of carbonyl (C=O) groups excluding carboxylic acids is 1. The molecule has 0 fully saturated rings. The van der Waals surface area contributed by atoms with E-state index < -0.39 is 18.3 Å². The zero-order chi connectivity index (χ0) is 28.1. The summed E-state index contributed by atoms with van der Waals surface area (Å²) in [6, 6.07) is 4.46. The van der Waals surface area contributed by atoms with Gasteiger partial charge in [0.05, 0.1) is 29.0 Å². The highest BCUT2D eigenvalue weighted by Gasteiger charge is 2.21. The predicted molar refractivity (Wildman–Crippen MR) is 143 cm³/mol. The maximum absolute atomic E-state index is 13.6. The van der Waals surface area contributed by atoms with Gasteiger partial charge < -0.3 is 25.2 Å². The van der Waals surface area contributed by atoms with Crippen molar-refractivity contribution in [3.63, 3.8) is 0 Å². The summed E-state index contributed by atoms with van der Waals surface area (Å²) in [6.07, 6.45) is 6.30. The molecule has 0 saturated heterocycles. The highest BCUT2D eigenvalue weighted by atomic mass is 19.3. The molecule has 0 spiro atoms. The number of halogens is 3. The number of aryl methyl sites for hydroxylation is 1. The van der Waals surface area contributed by atoms with Gasteiger partial charge in [0.25, 0.3) is 5.91 Å². The Labute approximate surface area is 224 Å². The molecule has 1 aliphatic rings. The summed E-state index contributed by atoms with van der Waals surface area (Å²) in [5, 5.41) is 9.81. The second-order valence-electron chi connectivity index (χ2n) is 9.40. The van der Waals surface area contributed by atoms with Crippen molar-refractivity contribution < 1.29 is 22.7 Å². The zero-order valence-corrected chi connectivity index (χ0v) is 22.0. The van der Waals surface area contributed by atoms with Crippen LogP contribution in [0.1, 0.15) is 18.5 Å². The first-order valence-corrected chi connectivity index (χ1v) is 12.4. The van der Waals surface area contributed by atoms with Gasteiger partial charge in [-0.2, -0.15) is 13.9 Å². The van der Waals surface area contributed by atoms with Crippen molar-refractivity contribution in [2.45, 2.75) is 32.4 Å². The van der Waals surface area contributed by atoms with Crippen LogP contribution in [0.5, 0.6) is 5.75 Å². The van der Waals surface area contributed by atoms with Crippen LogP contribution >= 0.6 is 0 Å². The Morgan fingerprint density at radius 1 is 1.21 bits per heavy atom. The van der Waals surface area contributed by atoms with Gasteiger partial charge in [-0.1, -0.05) is 6.58 Å². The van der Waals surface area contributed by atoms with Gasteiger partial charge in [-0.05, 0) is 45.5 Å². The van der Waals surface area contributed by atoms with Crippen LogP contribution in [0.25, 0.3) is 11.3 Å². The van der Waals surface area contributed by atoms with Gasteiger partial charge in [-0.15, -0.1) is 0 Å². The van der Waals surface area contributed by atoms with E-state index in [4.69, 9.17) is 4.74 Å². The van der Waals surface area contributed by atoms with Gasteiger partial charge in [0.15, 0.2) is 11.6 Å². The molecule has 13 heteroatoms. The SMILES string of the molecule is C=C(F)C(=O)Nc1cc(Nc2nccc(-c3cnn4c3CCCC4)n2)c(OC(F)F)cc1N(C)CCN(C)C. The lowest BCUT2D eigenvalue weighted by atomic mass is 10.0. The summed E-state index contributed by atoms with van der Waals surface area (Å²) in [5.41, 5.74) is 3.12. The molecular formula is C26H31F3N8O2. The van der Waals surface area contributed by atoms with Gasteiger partial charge in [0.1, 0.15) is 0 Å². The van der Waals surface area contributed by atoms with Crippen LogP contribution in [0, 0.1) is 0 Å². The Kier molecular flexibility index (Phi) is 8.69. The maximum Gasteiger partial charge on any atom is 0.387 e. The summed E-state index contributed by atoms with van der Waals surface area (Å²) in [6.45, 7) is 1.86. The number of amides is 1. The molecule has 1 aromatic carbocycles. The number of nitrogens with one attached hydrogen (secondary N) is 2. The fourth-order valence-electron chi connectivity index (χ4n) is 4.26. The third-order valence-corrected chi connectivity index (χ3v) is 6.26. The number of likely N-dealkylation sites (N-methyl/N-ethyl adjacent to an activating group) is 2. The summed E-state index contributed by atoms with van der Waals surface area (Å²) in [7, 11) is 5.49. The normalized spacial score (nSPS) is 12.8. The number of benzene rings is 1.